The molecule has 104 valence electrons. The van der Waals surface area contributed by atoms with Gasteiger partial charge in [-0.1, -0.05) is 13.8 Å². The molecule has 1 aliphatic heterocycles. The third kappa shape index (κ3) is 3.19. The predicted molar refractivity (Wildman–Crippen MR) is 76.6 cm³/mol. The van der Waals surface area contributed by atoms with E-state index in [1.54, 1.807) is 12.1 Å². The summed E-state index contributed by atoms with van der Waals surface area (Å²) in [5.41, 5.74) is 6.44. The highest BCUT2D eigenvalue weighted by Gasteiger charge is 2.20. The third-order valence-corrected chi connectivity index (χ3v) is 3.57. The van der Waals surface area contributed by atoms with Crippen LogP contribution in [0, 0.1) is 5.92 Å². The molecule has 5 nitrogen and oxygen atoms in total. The van der Waals surface area contributed by atoms with Gasteiger partial charge in [-0.15, -0.1) is 0 Å². The Morgan fingerprint density at radius 3 is 2.47 bits per heavy atom. The molecule has 0 unspecified atom stereocenters. The summed E-state index contributed by atoms with van der Waals surface area (Å²) in [6, 6.07) is 2.98. The molecule has 0 bridgehead atoms. The van der Waals surface area contributed by atoms with Crippen molar-refractivity contribution < 1.29 is 14.3 Å². The van der Waals surface area contributed by atoms with E-state index in [4.69, 9.17) is 15.2 Å². The van der Waals surface area contributed by atoms with Crippen molar-refractivity contribution >= 4 is 27.5 Å². The highest BCUT2D eigenvalue weighted by Crippen LogP contribution is 2.38. The molecule has 3 N–H and O–H groups in total. The second-order valence-electron chi connectivity index (χ2n) is 4.73. The topological polar surface area (TPSA) is 73.6 Å². The zero-order valence-corrected chi connectivity index (χ0v) is 12.5. The monoisotopic (exact) mass is 328 g/mol. The van der Waals surface area contributed by atoms with Crippen molar-refractivity contribution in [3.05, 3.63) is 16.6 Å². The van der Waals surface area contributed by atoms with Gasteiger partial charge in [0.05, 0.1) is 11.7 Å². The van der Waals surface area contributed by atoms with E-state index < -0.39 is 6.04 Å². The highest BCUT2D eigenvalue weighted by molar-refractivity contribution is 9.10. The van der Waals surface area contributed by atoms with Crippen molar-refractivity contribution in [1.29, 1.82) is 0 Å². The largest absolute Gasteiger partial charge is 0.486 e. The van der Waals surface area contributed by atoms with E-state index in [1.165, 1.54) is 0 Å². The van der Waals surface area contributed by atoms with Gasteiger partial charge in [0.2, 0.25) is 5.91 Å². The number of nitrogens with two attached hydrogens (primary N) is 1. The summed E-state index contributed by atoms with van der Waals surface area (Å²) in [6.45, 7) is 4.85. The number of carbonyl (C=O) groups is 1. The number of anilines is 1. The lowest BCUT2D eigenvalue weighted by atomic mass is 10.0. The van der Waals surface area contributed by atoms with Gasteiger partial charge < -0.3 is 20.5 Å². The first kappa shape index (κ1) is 14.1. The Labute approximate surface area is 120 Å². The Hall–Kier alpha value is -1.27. The molecule has 1 amide bonds. The second-order valence-corrected chi connectivity index (χ2v) is 5.59. The smallest absolute Gasteiger partial charge is 0.241 e. The Balaban J connectivity index is 2.19. The number of hydrogen-bond acceptors (Lipinski definition) is 4. The minimum atomic E-state index is -0.542. The molecule has 0 spiro atoms. The second kappa shape index (κ2) is 5.79. The molecule has 19 heavy (non-hydrogen) atoms. The number of halogens is 1. The van der Waals surface area contributed by atoms with Gasteiger partial charge in [0.15, 0.2) is 11.5 Å². The molecule has 1 aromatic carbocycles. The normalized spacial score (nSPS) is 15.2. The van der Waals surface area contributed by atoms with Crippen molar-refractivity contribution in [3.8, 4) is 11.5 Å². The molecule has 2 rings (SSSR count). The summed E-state index contributed by atoms with van der Waals surface area (Å²) in [5.74, 6) is 1.16. The maximum atomic E-state index is 11.9. The lowest BCUT2D eigenvalue weighted by molar-refractivity contribution is -0.118. The average molecular weight is 329 g/mol. The van der Waals surface area contributed by atoms with Crippen LogP contribution < -0.4 is 20.5 Å². The molecular weight excluding hydrogens is 312 g/mol. The van der Waals surface area contributed by atoms with Crippen molar-refractivity contribution in [2.75, 3.05) is 18.5 Å². The molecule has 0 fully saturated rings. The van der Waals surface area contributed by atoms with Crippen molar-refractivity contribution in [1.82, 2.24) is 0 Å². The van der Waals surface area contributed by atoms with E-state index >= 15 is 0 Å². The first-order valence-corrected chi connectivity index (χ1v) is 6.94. The third-order valence-electron chi connectivity index (χ3n) is 2.91. The summed E-state index contributed by atoms with van der Waals surface area (Å²) in [4.78, 5) is 11.9. The number of benzene rings is 1. The van der Waals surface area contributed by atoms with Crippen molar-refractivity contribution in [2.24, 2.45) is 11.7 Å². The lowest BCUT2D eigenvalue weighted by Crippen LogP contribution is -2.39. The molecular formula is C13H17BrN2O3. The van der Waals surface area contributed by atoms with Crippen LogP contribution in [0.25, 0.3) is 0 Å². The molecule has 0 aromatic heterocycles. The van der Waals surface area contributed by atoms with Crippen LogP contribution in [0.5, 0.6) is 11.5 Å². The molecule has 0 radical (unpaired) electrons. The van der Waals surface area contributed by atoms with Crippen LogP contribution in [0.3, 0.4) is 0 Å². The Morgan fingerprint density at radius 1 is 1.32 bits per heavy atom. The van der Waals surface area contributed by atoms with E-state index in [1.807, 2.05) is 13.8 Å². The minimum absolute atomic E-state index is 0.0796. The number of fused-ring (bicyclic) bond motifs is 1. The molecule has 0 saturated carbocycles. The molecule has 0 aliphatic carbocycles. The Kier molecular flexibility index (Phi) is 4.31. The van der Waals surface area contributed by atoms with E-state index in [-0.39, 0.29) is 11.8 Å². The zero-order valence-electron chi connectivity index (χ0n) is 10.9. The molecule has 1 atom stereocenters. The van der Waals surface area contributed by atoms with Crippen LogP contribution in [-0.4, -0.2) is 25.2 Å². The van der Waals surface area contributed by atoms with Gasteiger partial charge in [-0.05, 0) is 21.8 Å². The van der Waals surface area contributed by atoms with Gasteiger partial charge in [0.1, 0.15) is 13.2 Å². The highest BCUT2D eigenvalue weighted by atomic mass is 79.9. The minimum Gasteiger partial charge on any atom is -0.486 e. The van der Waals surface area contributed by atoms with E-state index in [0.29, 0.717) is 30.4 Å². The van der Waals surface area contributed by atoms with Gasteiger partial charge in [-0.25, -0.2) is 0 Å². The van der Waals surface area contributed by atoms with Crippen LogP contribution in [0.1, 0.15) is 13.8 Å². The molecule has 0 saturated heterocycles. The zero-order chi connectivity index (χ0) is 14.0. The van der Waals surface area contributed by atoms with Crippen molar-refractivity contribution in [3.63, 3.8) is 0 Å². The van der Waals surface area contributed by atoms with Gasteiger partial charge in [0.25, 0.3) is 0 Å². The van der Waals surface area contributed by atoms with Crippen LogP contribution in [-0.2, 0) is 4.79 Å². The number of rotatable bonds is 3. The maximum absolute atomic E-state index is 11.9. The number of ether oxygens (including phenoxy) is 2. The van der Waals surface area contributed by atoms with Crippen LogP contribution in [0.4, 0.5) is 5.69 Å². The first-order valence-electron chi connectivity index (χ1n) is 6.14. The number of hydrogen-bond donors (Lipinski definition) is 2. The summed E-state index contributed by atoms with van der Waals surface area (Å²) in [6.07, 6.45) is 0. The van der Waals surface area contributed by atoms with Crippen LogP contribution in [0.15, 0.2) is 16.6 Å². The number of nitrogens with one attached hydrogen (secondary N) is 1. The fraction of sp³-hybridized carbons (Fsp3) is 0.462. The lowest BCUT2D eigenvalue weighted by Gasteiger charge is -2.21. The van der Waals surface area contributed by atoms with Gasteiger partial charge in [0, 0.05) is 16.6 Å². The predicted octanol–water partition coefficient (Wildman–Crippen LogP) is 2.14. The average Bonchev–Trinajstić information content (AvgIpc) is 2.38. The summed E-state index contributed by atoms with van der Waals surface area (Å²) in [7, 11) is 0. The standard InChI is InChI=1S/C13H17BrN2O3/c1-7(2)12(15)13(17)16-9-6-11-10(5-8(9)14)18-3-4-19-11/h5-7,12H,3-4,15H2,1-2H3,(H,16,17)/t12-/m1/s1. The molecule has 1 heterocycles. The van der Waals surface area contributed by atoms with Crippen molar-refractivity contribution in [2.45, 2.75) is 19.9 Å². The Morgan fingerprint density at radius 2 is 1.89 bits per heavy atom. The number of amides is 1. The quantitative estimate of drug-likeness (QED) is 0.891. The summed E-state index contributed by atoms with van der Waals surface area (Å²) in [5, 5.41) is 2.80. The van der Waals surface area contributed by atoms with E-state index in [0.717, 1.165) is 4.47 Å². The summed E-state index contributed by atoms with van der Waals surface area (Å²) >= 11 is 3.40. The Bertz CT molecular complexity index is 491. The molecule has 6 heteroatoms. The summed E-state index contributed by atoms with van der Waals surface area (Å²) < 4.78 is 11.7. The first-order chi connectivity index (χ1) is 8.99. The van der Waals surface area contributed by atoms with E-state index in [2.05, 4.69) is 21.2 Å². The molecule has 1 aromatic rings. The van der Waals surface area contributed by atoms with Gasteiger partial charge in [-0.3, -0.25) is 4.79 Å². The van der Waals surface area contributed by atoms with Gasteiger partial charge in [-0.2, -0.15) is 0 Å². The SMILES string of the molecule is CC(C)[C@@H](N)C(=O)Nc1cc2c(cc1Br)OCCO2. The fourth-order valence-electron chi connectivity index (χ4n) is 1.68. The van der Waals surface area contributed by atoms with Crippen LogP contribution >= 0.6 is 15.9 Å². The fourth-order valence-corrected chi connectivity index (χ4v) is 2.10. The van der Waals surface area contributed by atoms with E-state index in [9.17, 15) is 4.79 Å². The van der Waals surface area contributed by atoms with Crippen LogP contribution in [0.2, 0.25) is 0 Å². The maximum Gasteiger partial charge on any atom is 0.241 e. The van der Waals surface area contributed by atoms with Gasteiger partial charge >= 0.3 is 0 Å². The number of carbonyl (C=O) groups excluding carboxylic acids is 1. The molecule has 1 aliphatic rings.